The molecule has 21 heavy (non-hydrogen) atoms. The fraction of sp³-hybridized carbons (Fsp3) is 0.625. The highest BCUT2D eigenvalue weighted by Gasteiger charge is 2.35. The van der Waals surface area contributed by atoms with Crippen LogP contribution in [0.15, 0.2) is 23.5 Å². The molecule has 0 bridgehead atoms. The molecule has 1 aromatic heterocycles. The Morgan fingerprint density at radius 1 is 1.19 bits per heavy atom. The van der Waals surface area contributed by atoms with Crippen molar-refractivity contribution in [1.29, 1.82) is 0 Å². The molecule has 0 unspecified atom stereocenters. The number of pyridine rings is 1. The molecule has 3 N–H and O–H groups in total. The zero-order valence-corrected chi connectivity index (χ0v) is 12.5. The zero-order valence-electron chi connectivity index (χ0n) is 12.5. The van der Waals surface area contributed by atoms with Gasteiger partial charge in [-0.3, -0.25) is 4.98 Å². The van der Waals surface area contributed by atoms with Gasteiger partial charge in [0.1, 0.15) is 5.69 Å². The number of nitrogens with zero attached hydrogens (tertiary/aromatic N) is 3. The highest BCUT2D eigenvalue weighted by Crippen LogP contribution is 2.45. The van der Waals surface area contributed by atoms with Crippen LogP contribution in [0.25, 0.3) is 0 Å². The van der Waals surface area contributed by atoms with Crippen LogP contribution in [0.2, 0.25) is 0 Å². The molecule has 0 radical (unpaired) electrons. The molecule has 1 saturated carbocycles. The van der Waals surface area contributed by atoms with Crippen LogP contribution in [0, 0.1) is 5.41 Å². The third-order valence-electron chi connectivity index (χ3n) is 5.22. The molecule has 0 amide bonds. The number of anilines is 1. The number of rotatable bonds is 2. The lowest BCUT2D eigenvalue weighted by Crippen LogP contribution is -2.41. The van der Waals surface area contributed by atoms with Gasteiger partial charge in [0.15, 0.2) is 5.84 Å². The monoisotopic (exact) mass is 288 g/mol. The van der Waals surface area contributed by atoms with Crippen molar-refractivity contribution in [3.05, 3.63) is 24.0 Å². The van der Waals surface area contributed by atoms with Gasteiger partial charge in [0.2, 0.25) is 0 Å². The first-order chi connectivity index (χ1) is 10.2. The third-order valence-corrected chi connectivity index (χ3v) is 5.22. The summed E-state index contributed by atoms with van der Waals surface area (Å²) in [6.07, 6.45) is 11.3. The zero-order chi connectivity index (χ0) is 14.7. The van der Waals surface area contributed by atoms with Crippen molar-refractivity contribution in [2.24, 2.45) is 16.3 Å². The average Bonchev–Trinajstić information content (AvgIpc) is 2.56. The lowest BCUT2D eigenvalue weighted by Gasteiger charge is -2.45. The summed E-state index contributed by atoms with van der Waals surface area (Å²) in [7, 11) is 0. The molecule has 1 spiro atoms. The number of piperidine rings is 1. The largest absolute Gasteiger partial charge is 0.409 e. The minimum Gasteiger partial charge on any atom is -0.409 e. The van der Waals surface area contributed by atoms with E-state index in [1.807, 2.05) is 12.1 Å². The van der Waals surface area contributed by atoms with E-state index in [0.29, 0.717) is 11.1 Å². The minimum absolute atomic E-state index is 0.0672. The van der Waals surface area contributed by atoms with E-state index in [4.69, 9.17) is 10.9 Å². The Hall–Kier alpha value is -1.78. The second-order valence-electron chi connectivity index (χ2n) is 6.43. The summed E-state index contributed by atoms with van der Waals surface area (Å²) in [5, 5.41) is 11.8. The molecule has 5 heteroatoms. The van der Waals surface area contributed by atoms with Crippen LogP contribution >= 0.6 is 0 Å². The Balaban J connectivity index is 1.69. The average molecular weight is 288 g/mol. The van der Waals surface area contributed by atoms with Crippen LogP contribution in [-0.2, 0) is 0 Å². The lowest BCUT2D eigenvalue weighted by atomic mass is 9.68. The summed E-state index contributed by atoms with van der Waals surface area (Å²) in [5.74, 6) is 0.0672. The molecule has 3 rings (SSSR count). The summed E-state index contributed by atoms with van der Waals surface area (Å²) in [4.78, 5) is 6.54. The molecule has 5 nitrogen and oxygen atoms in total. The molecule has 1 aromatic rings. The van der Waals surface area contributed by atoms with Gasteiger partial charge in [0.25, 0.3) is 0 Å². The SMILES string of the molecule is NC(=NO)c1cc(N2CCC3(CCCCC3)CC2)ccn1. The van der Waals surface area contributed by atoms with Crippen LogP contribution in [0.3, 0.4) is 0 Å². The molecule has 1 saturated heterocycles. The van der Waals surface area contributed by atoms with E-state index in [9.17, 15) is 0 Å². The van der Waals surface area contributed by atoms with E-state index in [1.165, 1.54) is 44.9 Å². The molecule has 114 valence electrons. The molecule has 1 aliphatic carbocycles. The predicted molar refractivity (Wildman–Crippen MR) is 83.7 cm³/mol. The van der Waals surface area contributed by atoms with Gasteiger partial charge in [-0.25, -0.2) is 0 Å². The maximum absolute atomic E-state index is 8.76. The Morgan fingerprint density at radius 2 is 1.90 bits per heavy atom. The molecule has 0 atom stereocenters. The van der Waals surface area contributed by atoms with E-state index in [0.717, 1.165) is 18.8 Å². The number of oxime groups is 1. The first kappa shape index (κ1) is 14.2. The van der Waals surface area contributed by atoms with Gasteiger partial charge < -0.3 is 15.8 Å². The minimum atomic E-state index is 0.0672. The van der Waals surface area contributed by atoms with Gasteiger partial charge in [0, 0.05) is 25.0 Å². The van der Waals surface area contributed by atoms with Gasteiger partial charge in [-0.15, -0.1) is 0 Å². The summed E-state index contributed by atoms with van der Waals surface area (Å²) < 4.78 is 0. The highest BCUT2D eigenvalue weighted by molar-refractivity contribution is 5.95. The number of nitrogens with two attached hydrogens (primary N) is 1. The quantitative estimate of drug-likeness (QED) is 0.380. The predicted octanol–water partition coefficient (Wildman–Crippen LogP) is 2.73. The van der Waals surface area contributed by atoms with Crippen molar-refractivity contribution in [3.8, 4) is 0 Å². The molecule has 0 aromatic carbocycles. The Labute approximate surface area is 125 Å². The first-order valence-corrected chi connectivity index (χ1v) is 7.91. The van der Waals surface area contributed by atoms with Crippen molar-refractivity contribution in [1.82, 2.24) is 4.98 Å². The fourth-order valence-corrected chi connectivity index (χ4v) is 3.85. The molecule has 1 aliphatic heterocycles. The van der Waals surface area contributed by atoms with Crippen LogP contribution in [0.1, 0.15) is 50.6 Å². The van der Waals surface area contributed by atoms with Crippen molar-refractivity contribution in [2.75, 3.05) is 18.0 Å². The van der Waals surface area contributed by atoms with Crippen molar-refractivity contribution in [2.45, 2.75) is 44.9 Å². The number of aromatic nitrogens is 1. The molecular weight excluding hydrogens is 264 g/mol. The van der Waals surface area contributed by atoms with Gasteiger partial charge in [0.05, 0.1) is 0 Å². The smallest absolute Gasteiger partial charge is 0.188 e. The van der Waals surface area contributed by atoms with Gasteiger partial charge in [-0.05, 0) is 43.2 Å². The van der Waals surface area contributed by atoms with Crippen molar-refractivity contribution < 1.29 is 5.21 Å². The number of amidine groups is 1. The second kappa shape index (κ2) is 5.92. The maximum Gasteiger partial charge on any atom is 0.188 e. The summed E-state index contributed by atoms with van der Waals surface area (Å²) in [6.45, 7) is 2.19. The molecular formula is C16H24N4O. The lowest BCUT2D eigenvalue weighted by molar-refractivity contribution is 0.144. The van der Waals surface area contributed by atoms with E-state index in [2.05, 4.69) is 15.0 Å². The summed E-state index contributed by atoms with van der Waals surface area (Å²) in [6, 6.07) is 3.92. The molecule has 2 heterocycles. The standard InChI is InChI=1S/C16H24N4O/c17-15(19-21)14-12-13(4-9-18-14)20-10-7-16(8-11-20)5-2-1-3-6-16/h4,9,12,21H,1-3,5-8,10-11H2,(H2,17,19). The second-order valence-corrected chi connectivity index (χ2v) is 6.43. The summed E-state index contributed by atoms with van der Waals surface area (Å²) >= 11 is 0. The van der Waals surface area contributed by atoms with Crippen molar-refractivity contribution in [3.63, 3.8) is 0 Å². The van der Waals surface area contributed by atoms with Gasteiger partial charge in [-0.1, -0.05) is 24.4 Å². The highest BCUT2D eigenvalue weighted by atomic mass is 16.4. The Kier molecular flexibility index (Phi) is 3.99. The topological polar surface area (TPSA) is 74.7 Å². The van der Waals surface area contributed by atoms with Gasteiger partial charge in [-0.2, -0.15) is 0 Å². The van der Waals surface area contributed by atoms with Crippen LogP contribution in [0.5, 0.6) is 0 Å². The van der Waals surface area contributed by atoms with Crippen molar-refractivity contribution >= 4 is 11.5 Å². The first-order valence-electron chi connectivity index (χ1n) is 7.91. The molecule has 2 fully saturated rings. The van der Waals surface area contributed by atoms with Gasteiger partial charge >= 0.3 is 0 Å². The fourth-order valence-electron chi connectivity index (χ4n) is 3.85. The Bertz CT molecular complexity index is 513. The third kappa shape index (κ3) is 2.96. The van der Waals surface area contributed by atoms with Crippen LogP contribution in [-0.4, -0.2) is 29.1 Å². The maximum atomic E-state index is 8.76. The van der Waals surface area contributed by atoms with E-state index >= 15 is 0 Å². The number of hydrogen-bond donors (Lipinski definition) is 2. The number of hydrogen-bond acceptors (Lipinski definition) is 4. The van der Waals surface area contributed by atoms with Crippen LogP contribution in [0.4, 0.5) is 5.69 Å². The molecule has 2 aliphatic rings. The van der Waals surface area contributed by atoms with E-state index in [1.54, 1.807) is 6.20 Å². The van der Waals surface area contributed by atoms with E-state index < -0.39 is 0 Å². The van der Waals surface area contributed by atoms with E-state index in [-0.39, 0.29) is 5.84 Å². The normalized spacial score (nSPS) is 22.5. The Morgan fingerprint density at radius 3 is 2.57 bits per heavy atom. The van der Waals surface area contributed by atoms with Crippen LogP contribution < -0.4 is 10.6 Å². The summed E-state index contributed by atoms with van der Waals surface area (Å²) in [5.41, 5.74) is 7.89.